The first kappa shape index (κ1) is 13.5. The van der Waals surface area contributed by atoms with E-state index in [1.807, 2.05) is 31.2 Å². The van der Waals surface area contributed by atoms with E-state index in [-0.39, 0.29) is 12.0 Å². The smallest absolute Gasteiger partial charge is 0.251 e. The second-order valence-electron chi connectivity index (χ2n) is 5.33. The maximum atomic E-state index is 12.1. The normalized spacial score (nSPS) is 16.1. The van der Waals surface area contributed by atoms with Crippen LogP contribution in [-0.4, -0.2) is 18.6 Å². The van der Waals surface area contributed by atoms with E-state index in [9.17, 15) is 4.79 Å². The summed E-state index contributed by atoms with van der Waals surface area (Å²) in [5, 5.41) is 2.90. The zero-order chi connectivity index (χ0) is 14.8. The average molecular weight is 282 g/mol. The molecule has 0 saturated heterocycles. The largest absolute Gasteiger partial charge is 0.488 e. The summed E-state index contributed by atoms with van der Waals surface area (Å²) in [7, 11) is 0. The number of carbonyl (C=O) groups excluding carboxylic acids is 1. The molecule has 2 aromatic rings. The van der Waals surface area contributed by atoms with Crippen molar-refractivity contribution in [3.63, 3.8) is 0 Å². The molecule has 1 atom stereocenters. The summed E-state index contributed by atoms with van der Waals surface area (Å²) in [4.78, 5) is 12.1. The molecule has 3 N–H and O–H groups in total. The molecule has 0 saturated carbocycles. The number of nitrogen functional groups attached to an aromatic ring is 1. The number of anilines is 1. The number of aryl methyl sites for hydroxylation is 1. The van der Waals surface area contributed by atoms with Gasteiger partial charge in [0.15, 0.2) is 0 Å². The van der Waals surface area contributed by atoms with Crippen LogP contribution in [0.5, 0.6) is 5.75 Å². The lowest BCUT2D eigenvalue weighted by Crippen LogP contribution is -2.34. The number of ether oxygens (including phenoxy) is 1. The van der Waals surface area contributed by atoms with Crippen molar-refractivity contribution in [2.45, 2.75) is 19.4 Å². The lowest BCUT2D eigenvalue weighted by atomic mass is 10.1. The molecule has 0 spiro atoms. The minimum Gasteiger partial charge on any atom is -0.488 e. The maximum Gasteiger partial charge on any atom is 0.251 e. The van der Waals surface area contributed by atoms with Crippen LogP contribution in [-0.2, 0) is 6.42 Å². The van der Waals surface area contributed by atoms with Gasteiger partial charge in [0.25, 0.3) is 5.91 Å². The van der Waals surface area contributed by atoms with Gasteiger partial charge in [0.1, 0.15) is 11.9 Å². The summed E-state index contributed by atoms with van der Waals surface area (Å²) >= 11 is 0. The highest BCUT2D eigenvalue weighted by molar-refractivity contribution is 5.95. The van der Waals surface area contributed by atoms with Gasteiger partial charge in [0.2, 0.25) is 0 Å². The minimum absolute atomic E-state index is 0.00542. The first-order valence-electron chi connectivity index (χ1n) is 7.02. The van der Waals surface area contributed by atoms with Crippen molar-refractivity contribution in [1.82, 2.24) is 5.32 Å². The fourth-order valence-electron chi connectivity index (χ4n) is 2.46. The Morgan fingerprint density at radius 2 is 2.14 bits per heavy atom. The van der Waals surface area contributed by atoms with Gasteiger partial charge in [-0.15, -0.1) is 0 Å². The zero-order valence-electron chi connectivity index (χ0n) is 11.9. The van der Waals surface area contributed by atoms with E-state index in [1.165, 1.54) is 5.56 Å². The molecule has 4 heteroatoms. The summed E-state index contributed by atoms with van der Waals surface area (Å²) in [6, 6.07) is 13.3. The number of carbonyl (C=O) groups is 1. The van der Waals surface area contributed by atoms with E-state index in [1.54, 1.807) is 12.1 Å². The number of para-hydroxylation sites is 1. The van der Waals surface area contributed by atoms with E-state index >= 15 is 0 Å². The number of nitrogens with two attached hydrogens (primary N) is 1. The quantitative estimate of drug-likeness (QED) is 0.849. The third-order valence-corrected chi connectivity index (χ3v) is 3.75. The zero-order valence-corrected chi connectivity index (χ0v) is 11.9. The highest BCUT2D eigenvalue weighted by Crippen LogP contribution is 2.27. The molecule has 1 unspecified atom stereocenters. The number of fused-ring (bicyclic) bond motifs is 1. The highest BCUT2D eigenvalue weighted by atomic mass is 16.5. The van der Waals surface area contributed by atoms with Crippen LogP contribution in [0, 0.1) is 6.92 Å². The first-order chi connectivity index (χ1) is 10.1. The van der Waals surface area contributed by atoms with Crippen molar-refractivity contribution in [2.24, 2.45) is 0 Å². The van der Waals surface area contributed by atoms with E-state index in [0.717, 1.165) is 17.7 Å². The molecule has 0 bridgehead atoms. The molecule has 0 radical (unpaired) electrons. The van der Waals surface area contributed by atoms with Gasteiger partial charge in [-0.3, -0.25) is 4.79 Å². The Hall–Kier alpha value is -2.49. The molecule has 1 aliphatic rings. The Balaban J connectivity index is 1.59. The average Bonchev–Trinajstić information content (AvgIpc) is 2.90. The Morgan fingerprint density at radius 1 is 1.33 bits per heavy atom. The van der Waals surface area contributed by atoms with Crippen LogP contribution in [0.1, 0.15) is 21.5 Å². The van der Waals surface area contributed by atoms with Crippen LogP contribution >= 0.6 is 0 Å². The summed E-state index contributed by atoms with van der Waals surface area (Å²) in [5.74, 6) is 0.789. The molecule has 0 aromatic heterocycles. The van der Waals surface area contributed by atoms with Crippen molar-refractivity contribution in [3.8, 4) is 5.75 Å². The predicted octanol–water partition coefficient (Wildman–Crippen LogP) is 2.31. The van der Waals surface area contributed by atoms with Gasteiger partial charge in [0, 0.05) is 17.7 Å². The van der Waals surface area contributed by atoms with Crippen molar-refractivity contribution in [1.29, 1.82) is 0 Å². The Morgan fingerprint density at radius 3 is 2.90 bits per heavy atom. The van der Waals surface area contributed by atoms with Crippen molar-refractivity contribution in [2.75, 3.05) is 12.3 Å². The SMILES string of the molecule is Cc1ccc(C(=O)NCC2Cc3ccccc3O2)cc1N. The summed E-state index contributed by atoms with van der Waals surface area (Å²) in [6.45, 7) is 2.40. The molecule has 4 nitrogen and oxygen atoms in total. The van der Waals surface area contributed by atoms with Crippen LogP contribution < -0.4 is 15.8 Å². The molecule has 0 aliphatic carbocycles. The molecule has 108 valence electrons. The van der Waals surface area contributed by atoms with Crippen LogP contribution in [0.25, 0.3) is 0 Å². The maximum absolute atomic E-state index is 12.1. The molecular weight excluding hydrogens is 264 g/mol. The van der Waals surface area contributed by atoms with Gasteiger partial charge in [-0.1, -0.05) is 24.3 Å². The third-order valence-electron chi connectivity index (χ3n) is 3.75. The van der Waals surface area contributed by atoms with E-state index in [2.05, 4.69) is 11.4 Å². The molecule has 3 rings (SSSR count). The molecule has 21 heavy (non-hydrogen) atoms. The first-order valence-corrected chi connectivity index (χ1v) is 7.02. The highest BCUT2D eigenvalue weighted by Gasteiger charge is 2.22. The Kier molecular flexibility index (Phi) is 3.52. The minimum atomic E-state index is -0.124. The van der Waals surface area contributed by atoms with Gasteiger partial charge in [-0.2, -0.15) is 0 Å². The predicted molar refractivity (Wildman–Crippen MR) is 82.5 cm³/mol. The number of benzene rings is 2. The van der Waals surface area contributed by atoms with Crippen LogP contribution in [0.3, 0.4) is 0 Å². The van der Waals surface area contributed by atoms with Gasteiger partial charge >= 0.3 is 0 Å². The van der Waals surface area contributed by atoms with Crippen molar-refractivity contribution in [3.05, 3.63) is 59.2 Å². The van der Waals surface area contributed by atoms with Crippen LogP contribution in [0.2, 0.25) is 0 Å². The lowest BCUT2D eigenvalue weighted by molar-refractivity contribution is 0.0933. The monoisotopic (exact) mass is 282 g/mol. The lowest BCUT2D eigenvalue weighted by Gasteiger charge is -2.12. The van der Waals surface area contributed by atoms with Gasteiger partial charge in [-0.25, -0.2) is 0 Å². The number of amides is 1. The second kappa shape index (κ2) is 5.48. The topological polar surface area (TPSA) is 64.3 Å². The number of hydrogen-bond donors (Lipinski definition) is 2. The summed E-state index contributed by atoms with van der Waals surface area (Å²) < 4.78 is 5.80. The standard InChI is InChI=1S/C17H18N2O2/c1-11-6-7-13(9-15(11)18)17(20)19-10-14-8-12-4-2-3-5-16(12)21-14/h2-7,9,14H,8,10,18H2,1H3,(H,19,20). The number of nitrogens with one attached hydrogen (secondary N) is 1. The Bertz CT molecular complexity index is 657. The summed E-state index contributed by atoms with van der Waals surface area (Å²) in [6.07, 6.45) is 0.820. The molecule has 0 fully saturated rings. The Labute approximate surface area is 123 Å². The number of hydrogen-bond acceptors (Lipinski definition) is 3. The van der Waals surface area contributed by atoms with Crippen molar-refractivity contribution >= 4 is 11.6 Å². The molecule has 1 heterocycles. The second-order valence-corrected chi connectivity index (χ2v) is 5.33. The van der Waals surface area contributed by atoms with E-state index in [4.69, 9.17) is 10.5 Å². The number of rotatable bonds is 3. The van der Waals surface area contributed by atoms with E-state index < -0.39 is 0 Å². The van der Waals surface area contributed by atoms with Gasteiger partial charge in [0.05, 0.1) is 6.54 Å². The third kappa shape index (κ3) is 2.84. The fraction of sp³-hybridized carbons (Fsp3) is 0.235. The van der Waals surface area contributed by atoms with Gasteiger partial charge < -0.3 is 15.8 Å². The fourth-order valence-corrected chi connectivity index (χ4v) is 2.46. The molecular formula is C17H18N2O2. The summed E-state index contributed by atoms with van der Waals surface area (Å²) in [5.41, 5.74) is 9.20. The molecule has 2 aromatic carbocycles. The van der Waals surface area contributed by atoms with Crippen LogP contribution in [0.4, 0.5) is 5.69 Å². The van der Waals surface area contributed by atoms with Gasteiger partial charge in [-0.05, 0) is 36.2 Å². The molecule has 1 aliphatic heterocycles. The van der Waals surface area contributed by atoms with E-state index in [0.29, 0.717) is 17.8 Å². The van der Waals surface area contributed by atoms with Crippen LogP contribution in [0.15, 0.2) is 42.5 Å². The molecule has 1 amide bonds. The van der Waals surface area contributed by atoms with Crippen molar-refractivity contribution < 1.29 is 9.53 Å².